The molecule has 0 saturated carbocycles. The van der Waals surface area contributed by atoms with Crippen molar-refractivity contribution in [1.82, 2.24) is 4.98 Å². The monoisotopic (exact) mass is 450 g/mol. The molecule has 0 bridgehead atoms. The summed E-state index contributed by atoms with van der Waals surface area (Å²) in [5, 5.41) is 5.81. The minimum Gasteiger partial charge on any atom is -0.397 e. The Labute approximate surface area is 187 Å². The maximum absolute atomic E-state index is 13.0. The SMILES string of the molecule is CC(C)Cc1ccc2c(N)c(C(=O)Nc3scc(-c4ccccc4)c3C(N)=O)sc2n1. The molecule has 0 fully saturated rings. The number of pyridine rings is 1. The summed E-state index contributed by atoms with van der Waals surface area (Å²) < 4.78 is 0. The standard InChI is InChI=1S/C23H22N4O2S2/c1-12(2)10-14-8-9-15-18(24)19(31-22(15)26-14)21(29)27-23-17(20(25)28)16(11-30-23)13-6-4-3-5-7-13/h3-9,11-12H,10,24H2,1-2H3,(H2,25,28)(H,27,29). The molecule has 3 heterocycles. The van der Waals surface area contributed by atoms with Gasteiger partial charge in [0.2, 0.25) is 0 Å². The summed E-state index contributed by atoms with van der Waals surface area (Å²) in [7, 11) is 0. The molecule has 4 rings (SSSR count). The normalized spacial score (nSPS) is 11.2. The Balaban J connectivity index is 1.67. The third-order valence-corrected chi connectivity index (χ3v) is 6.83. The van der Waals surface area contributed by atoms with Crippen molar-refractivity contribution in [2.75, 3.05) is 11.1 Å². The van der Waals surface area contributed by atoms with Crippen molar-refractivity contribution in [1.29, 1.82) is 0 Å². The summed E-state index contributed by atoms with van der Waals surface area (Å²) in [6, 6.07) is 13.3. The molecule has 4 aromatic rings. The number of fused-ring (bicyclic) bond motifs is 1. The first-order valence-electron chi connectivity index (χ1n) is 9.81. The van der Waals surface area contributed by atoms with Gasteiger partial charge in [0.25, 0.3) is 11.8 Å². The first-order valence-corrected chi connectivity index (χ1v) is 11.5. The molecule has 158 valence electrons. The smallest absolute Gasteiger partial charge is 0.268 e. The fourth-order valence-corrected chi connectivity index (χ4v) is 5.40. The van der Waals surface area contributed by atoms with E-state index in [0.29, 0.717) is 32.6 Å². The minimum absolute atomic E-state index is 0.293. The maximum atomic E-state index is 13.0. The molecule has 0 radical (unpaired) electrons. The first kappa shape index (κ1) is 21.0. The Morgan fingerprint density at radius 3 is 2.55 bits per heavy atom. The highest BCUT2D eigenvalue weighted by Crippen LogP contribution is 2.37. The first-order chi connectivity index (χ1) is 14.8. The molecule has 0 atom stereocenters. The molecule has 31 heavy (non-hydrogen) atoms. The lowest BCUT2D eigenvalue weighted by Gasteiger charge is -2.06. The van der Waals surface area contributed by atoms with Crippen LogP contribution in [0.1, 0.15) is 39.6 Å². The number of primary amides is 1. The van der Waals surface area contributed by atoms with E-state index in [1.165, 1.54) is 22.7 Å². The molecule has 1 aromatic carbocycles. The van der Waals surface area contributed by atoms with Gasteiger partial charge in [0, 0.05) is 22.0 Å². The van der Waals surface area contributed by atoms with E-state index < -0.39 is 5.91 Å². The van der Waals surface area contributed by atoms with Crippen LogP contribution < -0.4 is 16.8 Å². The van der Waals surface area contributed by atoms with Crippen LogP contribution in [0.15, 0.2) is 47.8 Å². The van der Waals surface area contributed by atoms with Crippen LogP contribution >= 0.6 is 22.7 Å². The number of anilines is 2. The Kier molecular flexibility index (Phi) is 5.75. The molecule has 0 aliphatic carbocycles. The summed E-state index contributed by atoms with van der Waals surface area (Å²) in [4.78, 5) is 31.0. The van der Waals surface area contributed by atoms with Crippen molar-refractivity contribution >= 4 is 55.4 Å². The summed E-state index contributed by atoms with van der Waals surface area (Å²) in [5.41, 5.74) is 15.1. The molecule has 2 amide bonds. The molecule has 5 N–H and O–H groups in total. The number of nitrogens with one attached hydrogen (secondary N) is 1. The molecular formula is C23H22N4O2S2. The third kappa shape index (κ3) is 4.17. The summed E-state index contributed by atoms with van der Waals surface area (Å²) in [5.74, 6) is -0.496. The van der Waals surface area contributed by atoms with Crippen molar-refractivity contribution in [2.45, 2.75) is 20.3 Å². The van der Waals surface area contributed by atoms with E-state index in [2.05, 4.69) is 24.1 Å². The highest BCUT2D eigenvalue weighted by molar-refractivity contribution is 7.21. The van der Waals surface area contributed by atoms with Crippen LogP contribution in [0.3, 0.4) is 0 Å². The molecule has 0 aliphatic heterocycles. The molecule has 0 aliphatic rings. The lowest BCUT2D eigenvalue weighted by atomic mass is 10.0. The molecule has 0 saturated heterocycles. The van der Waals surface area contributed by atoms with Gasteiger partial charge in [0.05, 0.1) is 11.3 Å². The summed E-state index contributed by atoms with van der Waals surface area (Å²) >= 11 is 2.51. The van der Waals surface area contributed by atoms with Gasteiger partial charge in [-0.05, 0) is 30.0 Å². The van der Waals surface area contributed by atoms with E-state index in [-0.39, 0.29) is 5.91 Å². The van der Waals surface area contributed by atoms with Crippen LogP contribution in [0.25, 0.3) is 21.3 Å². The van der Waals surface area contributed by atoms with E-state index in [9.17, 15) is 9.59 Å². The Morgan fingerprint density at radius 1 is 1.13 bits per heavy atom. The van der Waals surface area contributed by atoms with Gasteiger partial charge in [0.15, 0.2) is 0 Å². The zero-order chi connectivity index (χ0) is 22.1. The van der Waals surface area contributed by atoms with Crippen LogP contribution in [0.5, 0.6) is 0 Å². The number of hydrogen-bond donors (Lipinski definition) is 3. The van der Waals surface area contributed by atoms with Crippen molar-refractivity contribution in [3.8, 4) is 11.1 Å². The van der Waals surface area contributed by atoms with Crippen LogP contribution in [0.2, 0.25) is 0 Å². The zero-order valence-electron chi connectivity index (χ0n) is 17.1. The van der Waals surface area contributed by atoms with Crippen molar-refractivity contribution < 1.29 is 9.59 Å². The van der Waals surface area contributed by atoms with Crippen LogP contribution in [0.4, 0.5) is 10.7 Å². The number of nitrogen functional groups attached to an aromatic ring is 1. The number of hydrogen-bond acceptors (Lipinski definition) is 6. The van der Waals surface area contributed by atoms with Gasteiger partial charge in [-0.1, -0.05) is 44.2 Å². The number of rotatable bonds is 6. The number of nitrogens with two attached hydrogens (primary N) is 2. The van der Waals surface area contributed by atoms with Gasteiger partial charge in [-0.3, -0.25) is 9.59 Å². The van der Waals surface area contributed by atoms with Gasteiger partial charge in [0.1, 0.15) is 14.7 Å². The fraction of sp³-hybridized carbons (Fsp3) is 0.174. The Morgan fingerprint density at radius 2 is 1.87 bits per heavy atom. The molecule has 6 nitrogen and oxygen atoms in total. The number of carbonyl (C=O) groups excluding carboxylic acids is 2. The number of aromatic nitrogens is 1. The highest BCUT2D eigenvalue weighted by atomic mass is 32.1. The van der Waals surface area contributed by atoms with Crippen LogP contribution in [0, 0.1) is 5.92 Å². The maximum Gasteiger partial charge on any atom is 0.268 e. The van der Waals surface area contributed by atoms with Crippen LogP contribution in [-0.4, -0.2) is 16.8 Å². The van der Waals surface area contributed by atoms with Crippen molar-refractivity contribution in [3.05, 3.63) is 64.0 Å². The predicted octanol–water partition coefficient (Wildman–Crippen LogP) is 5.16. The Hall–Kier alpha value is -3.23. The predicted molar refractivity (Wildman–Crippen MR) is 129 cm³/mol. The van der Waals surface area contributed by atoms with Gasteiger partial charge in [-0.25, -0.2) is 4.98 Å². The third-order valence-electron chi connectivity index (χ3n) is 4.82. The van der Waals surface area contributed by atoms with E-state index in [1.807, 2.05) is 47.8 Å². The zero-order valence-corrected chi connectivity index (χ0v) is 18.8. The van der Waals surface area contributed by atoms with E-state index in [0.717, 1.165) is 27.9 Å². The lowest BCUT2D eigenvalue weighted by Crippen LogP contribution is -2.17. The Bertz CT molecular complexity index is 1280. The quantitative estimate of drug-likeness (QED) is 0.377. The summed E-state index contributed by atoms with van der Waals surface area (Å²) in [6.07, 6.45) is 0.856. The molecule has 8 heteroatoms. The topological polar surface area (TPSA) is 111 Å². The molecule has 0 spiro atoms. The molecular weight excluding hydrogens is 428 g/mol. The van der Waals surface area contributed by atoms with Gasteiger partial charge in [-0.15, -0.1) is 22.7 Å². The fourth-order valence-electron chi connectivity index (χ4n) is 3.42. The van der Waals surface area contributed by atoms with E-state index in [1.54, 1.807) is 0 Å². The van der Waals surface area contributed by atoms with E-state index >= 15 is 0 Å². The second kappa shape index (κ2) is 8.49. The second-order valence-corrected chi connectivity index (χ2v) is 9.51. The average Bonchev–Trinajstić information content (AvgIpc) is 3.29. The van der Waals surface area contributed by atoms with E-state index in [4.69, 9.17) is 11.5 Å². The van der Waals surface area contributed by atoms with Gasteiger partial charge >= 0.3 is 0 Å². The second-order valence-electron chi connectivity index (χ2n) is 7.64. The highest BCUT2D eigenvalue weighted by Gasteiger charge is 2.23. The van der Waals surface area contributed by atoms with Crippen LogP contribution in [-0.2, 0) is 6.42 Å². The number of amides is 2. The van der Waals surface area contributed by atoms with Gasteiger partial charge in [-0.2, -0.15) is 0 Å². The average molecular weight is 451 g/mol. The number of thiophene rings is 2. The van der Waals surface area contributed by atoms with Gasteiger partial charge < -0.3 is 16.8 Å². The molecule has 0 unspecified atom stereocenters. The lowest BCUT2D eigenvalue weighted by molar-refractivity contribution is 0.100. The largest absolute Gasteiger partial charge is 0.397 e. The number of carbonyl (C=O) groups is 2. The van der Waals surface area contributed by atoms with Crippen molar-refractivity contribution in [2.24, 2.45) is 11.7 Å². The minimum atomic E-state index is -0.597. The molecule has 3 aromatic heterocycles. The number of benzene rings is 1. The number of nitrogens with zero attached hydrogens (tertiary/aromatic N) is 1. The summed E-state index contributed by atoms with van der Waals surface area (Å²) in [6.45, 7) is 4.27. The van der Waals surface area contributed by atoms with Crippen molar-refractivity contribution in [3.63, 3.8) is 0 Å².